The van der Waals surface area contributed by atoms with Crippen molar-refractivity contribution in [3.8, 4) is 0 Å². The first-order valence-corrected chi connectivity index (χ1v) is 11.5. The first-order valence-electron chi connectivity index (χ1n) is 7.68. The number of ether oxygens (including phenoxy) is 2. The minimum Gasteiger partial charge on any atom is -0.458 e. The summed E-state index contributed by atoms with van der Waals surface area (Å²) in [6, 6.07) is 0. The van der Waals surface area contributed by atoms with Crippen molar-refractivity contribution >= 4 is 24.0 Å². The van der Waals surface area contributed by atoms with Gasteiger partial charge in [-0.2, -0.15) is 0 Å². The van der Waals surface area contributed by atoms with Gasteiger partial charge in [0.1, 0.15) is 13.8 Å². The molecule has 0 bridgehead atoms. The van der Waals surface area contributed by atoms with Crippen molar-refractivity contribution in [3.63, 3.8) is 0 Å². The first kappa shape index (κ1) is 14.3. The second kappa shape index (κ2) is 4.87. The fourth-order valence-corrected chi connectivity index (χ4v) is 8.16. The maximum atomic E-state index is 5.68. The van der Waals surface area contributed by atoms with Crippen LogP contribution in [0.4, 0.5) is 0 Å². The molecular weight excluding hydrogens is 356 g/mol. The third-order valence-corrected chi connectivity index (χ3v) is 9.75. The van der Waals surface area contributed by atoms with E-state index in [0.29, 0.717) is 6.79 Å². The second-order valence-electron chi connectivity index (χ2n) is 6.69. The number of hydrogen-bond donors (Lipinski definition) is 0. The number of allylic oxidation sites excluding steroid dienone is 10. The molecule has 0 saturated heterocycles. The molecule has 0 aromatic carbocycles. The van der Waals surface area contributed by atoms with Crippen LogP contribution in [0.25, 0.3) is 0 Å². The highest BCUT2D eigenvalue weighted by atomic mass is 79.9. The summed E-state index contributed by atoms with van der Waals surface area (Å²) < 4.78 is 12.4. The molecular formula is C18H19BrO2Si. The lowest BCUT2D eigenvalue weighted by Crippen LogP contribution is -2.33. The normalized spacial score (nSPS) is 23.5. The van der Waals surface area contributed by atoms with Crippen molar-refractivity contribution in [2.75, 3.05) is 6.79 Å². The van der Waals surface area contributed by atoms with Gasteiger partial charge in [0.2, 0.25) is 6.79 Å². The molecule has 1 heterocycles. The molecule has 3 aliphatic carbocycles. The van der Waals surface area contributed by atoms with E-state index in [1.807, 2.05) is 0 Å². The molecule has 0 N–H and O–H groups in total. The molecule has 22 heavy (non-hydrogen) atoms. The molecule has 0 amide bonds. The Balaban J connectivity index is 1.85. The highest BCUT2D eigenvalue weighted by molar-refractivity contribution is 9.12. The maximum absolute atomic E-state index is 5.68. The molecule has 0 atom stereocenters. The van der Waals surface area contributed by atoms with Crippen molar-refractivity contribution in [1.82, 2.24) is 0 Å². The minimum absolute atomic E-state index is 0.342. The average Bonchev–Trinajstić information content (AvgIpc) is 3.16. The van der Waals surface area contributed by atoms with Gasteiger partial charge in [0.15, 0.2) is 5.76 Å². The Bertz CT molecular complexity index is 760. The Labute approximate surface area is 140 Å². The number of rotatable bonds is 2. The van der Waals surface area contributed by atoms with Crippen LogP contribution in [0.1, 0.15) is 19.8 Å². The summed E-state index contributed by atoms with van der Waals surface area (Å²) in [5.74, 6) is 1.87. The Morgan fingerprint density at radius 3 is 2.77 bits per heavy atom. The predicted octanol–water partition coefficient (Wildman–Crippen LogP) is 5.18. The summed E-state index contributed by atoms with van der Waals surface area (Å²) in [4.78, 5) is 0. The molecule has 0 radical (unpaired) electrons. The van der Waals surface area contributed by atoms with Crippen LogP contribution in [-0.4, -0.2) is 14.9 Å². The van der Waals surface area contributed by atoms with Crippen molar-refractivity contribution < 1.29 is 9.47 Å². The molecule has 0 saturated carbocycles. The maximum Gasteiger partial charge on any atom is 0.230 e. The minimum atomic E-state index is -1.65. The highest BCUT2D eigenvalue weighted by Gasteiger charge is 2.40. The van der Waals surface area contributed by atoms with Crippen molar-refractivity contribution in [3.05, 3.63) is 67.4 Å². The fourth-order valence-electron chi connectivity index (χ4n) is 3.97. The lowest BCUT2D eigenvalue weighted by Gasteiger charge is -2.30. The van der Waals surface area contributed by atoms with Crippen molar-refractivity contribution in [2.45, 2.75) is 32.9 Å². The van der Waals surface area contributed by atoms with E-state index in [-0.39, 0.29) is 0 Å². The Morgan fingerprint density at radius 2 is 2.05 bits per heavy atom. The van der Waals surface area contributed by atoms with E-state index in [0.717, 1.165) is 28.8 Å². The Hall–Kier alpha value is -1.26. The highest BCUT2D eigenvalue weighted by Crippen LogP contribution is 2.50. The van der Waals surface area contributed by atoms with Crippen LogP contribution in [0, 0.1) is 0 Å². The molecule has 4 rings (SSSR count). The van der Waals surface area contributed by atoms with E-state index in [2.05, 4.69) is 60.3 Å². The Morgan fingerprint density at radius 1 is 1.23 bits per heavy atom. The van der Waals surface area contributed by atoms with Gasteiger partial charge >= 0.3 is 0 Å². The van der Waals surface area contributed by atoms with Crippen LogP contribution in [0.3, 0.4) is 0 Å². The van der Waals surface area contributed by atoms with E-state index >= 15 is 0 Å². The van der Waals surface area contributed by atoms with Crippen LogP contribution in [0.15, 0.2) is 67.4 Å². The lowest BCUT2D eigenvalue weighted by molar-refractivity contribution is 0.0734. The third-order valence-electron chi connectivity index (χ3n) is 5.04. The van der Waals surface area contributed by atoms with Gasteiger partial charge in [-0.1, -0.05) is 48.2 Å². The van der Waals surface area contributed by atoms with Gasteiger partial charge in [-0.25, -0.2) is 0 Å². The standard InChI is InChI=1S/C18H19BrO2Si/c1-11-8-13-14(9-15-17(16(13)19)21-10-20-15)18(11)22(2,3)12-6-4-5-7-12/h4-6,8H,7,9-10H2,1-3H3. The quantitative estimate of drug-likeness (QED) is 0.619. The monoisotopic (exact) mass is 374 g/mol. The summed E-state index contributed by atoms with van der Waals surface area (Å²) in [5, 5.41) is 3.19. The lowest BCUT2D eigenvalue weighted by atomic mass is 9.99. The number of hydrogen-bond acceptors (Lipinski definition) is 2. The topological polar surface area (TPSA) is 18.5 Å². The van der Waals surface area contributed by atoms with Crippen LogP contribution in [0.5, 0.6) is 0 Å². The van der Waals surface area contributed by atoms with Crippen molar-refractivity contribution in [2.24, 2.45) is 0 Å². The number of halogens is 1. The largest absolute Gasteiger partial charge is 0.458 e. The van der Waals surface area contributed by atoms with Gasteiger partial charge < -0.3 is 9.47 Å². The second-order valence-corrected chi connectivity index (χ2v) is 11.9. The molecule has 2 nitrogen and oxygen atoms in total. The molecule has 0 aromatic rings. The average molecular weight is 375 g/mol. The van der Waals surface area contributed by atoms with Crippen LogP contribution in [0.2, 0.25) is 13.1 Å². The molecule has 0 fully saturated rings. The predicted molar refractivity (Wildman–Crippen MR) is 94.7 cm³/mol. The Kier molecular flexibility index (Phi) is 3.17. The molecule has 1 aliphatic heterocycles. The SMILES string of the molecule is CC1=CC2=C(Br)C3=C(CC2=C1[Si](C)(C)C1=CC=CC1)OCO3. The molecule has 0 unspecified atom stereocenters. The number of fused-ring (bicyclic) bond motifs is 1. The summed E-state index contributed by atoms with van der Waals surface area (Å²) in [7, 11) is -1.65. The zero-order chi connectivity index (χ0) is 15.5. The van der Waals surface area contributed by atoms with Gasteiger partial charge in [-0.05, 0) is 45.6 Å². The third kappa shape index (κ3) is 1.90. The smallest absolute Gasteiger partial charge is 0.230 e. The summed E-state index contributed by atoms with van der Waals surface area (Å²) >= 11 is 3.73. The van der Waals surface area contributed by atoms with Crippen LogP contribution >= 0.6 is 15.9 Å². The first-order chi connectivity index (χ1) is 10.5. The van der Waals surface area contributed by atoms with Gasteiger partial charge in [0.25, 0.3) is 0 Å². The molecule has 0 spiro atoms. The molecule has 4 heteroatoms. The van der Waals surface area contributed by atoms with Gasteiger partial charge in [-0.15, -0.1) is 0 Å². The van der Waals surface area contributed by atoms with E-state index in [9.17, 15) is 0 Å². The summed E-state index contributed by atoms with van der Waals surface area (Å²) in [5.41, 5.74) is 4.15. The van der Waals surface area contributed by atoms with E-state index in [1.165, 1.54) is 16.7 Å². The summed E-state index contributed by atoms with van der Waals surface area (Å²) in [6.45, 7) is 7.53. The van der Waals surface area contributed by atoms with Crippen molar-refractivity contribution in [1.29, 1.82) is 0 Å². The molecule has 4 aliphatic rings. The van der Waals surface area contributed by atoms with E-state index in [4.69, 9.17) is 9.47 Å². The summed E-state index contributed by atoms with van der Waals surface area (Å²) in [6.07, 6.45) is 11.1. The molecule has 114 valence electrons. The van der Waals surface area contributed by atoms with Gasteiger partial charge in [0.05, 0.1) is 4.48 Å². The van der Waals surface area contributed by atoms with E-state index < -0.39 is 8.07 Å². The van der Waals surface area contributed by atoms with Gasteiger partial charge in [-0.3, -0.25) is 0 Å². The van der Waals surface area contributed by atoms with E-state index in [1.54, 1.807) is 10.4 Å². The van der Waals surface area contributed by atoms with Crippen LogP contribution < -0.4 is 0 Å². The zero-order valence-corrected chi connectivity index (χ0v) is 15.7. The zero-order valence-electron chi connectivity index (χ0n) is 13.1. The fraction of sp³-hybridized carbons (Fsp3) is 0.333. The molecule has 0 aromatic heterocycles. The van der Waals surface area contributed by atoms with Crippen LogP contribution in [-0.2, 0) is 9.47 Å². The van der Waals surface area contributed by atoms with Gasteiger partial charge in [0, 0.05) is 6.42 Å².